The summed E-state index contributed by atoms with van der Waals surface area (Å²) in [6.45, 7) is 0. The Morgan fingerprint density at radius 3 is 2.71 bits per heavy atom. The van der Waals surface area contributed by atoms with Gasteiger partial charge in [-0.1, -0.05) is 24.3 Å². The van der Waals surface area contributed by atoms with Crippen LogP contribution in [0.15, 0.2) is 41.1 Å². The summed E-state index contributed by atoms with van der Waals surface area (Å²) in [4.78, 5) is 13.5. The van der Waals surface area contributed by atoms with E-state index in [4.69, 9.17) is 10.7 Å². The van der Waals surface area contributed by atoms with Gasteiger partial charge < -0.3 is 5.73 Å². The van der Waals surface area contributed by atoms with Gasteiger partial charge in [-0.05, 0) is 34.2 Å². The van der Waals surface area contributed by atoms with Gasteiger partial charge in [0.1, 0.15) is 5.82 Å². The summed E-state index contributed by atoms with van der Waals surface area (Å²) >= 11 is 3.51. The minimum Gasteiger partial charge on any atom is -0.383 e. The van der Waals surface area contributed by atoms with Crippen LogP contribution in [0.1, 0.15) is 24.5 Å². The molecule has 4 rings (SSSR count). The predicted molar refractivity (Wildman–Crippen MR) is 86.9 cm³/mol. The summed E-state index contributed by atoms with van der Waals surface area (Å²) in [6.07, 6.45) is 6.00. The molecule has 0 radical (unpaired) electrons. The first-order valence-electron chi connectivity index (χ1n) is 6.90. The Morgan fingerprint density at radius 1 is 1.10 bits per heavy atom. The average Bonchev–Trinajstić information content (AvgIpc) is 3.34. The van der Waals surface area contributed by atoms with Gasteiger partial charge in [-0.3, -0.25) is 4.98 Å². The fourth-order valence-corrected chi connectivity index (χ4v) is 3.03. The van der Waals surface area contributed by atoms with Crippen LogP contribution in [-0.2, 0) is 0 Å². The highest BCUT2D eigenvalue weighted by Crippen LogP contribution is 2.44. The smallest absolute Gasteiger partial charge is 0.164 e. The Hall–Kier alpha value is -2.01. The molecule has 0 saturated heterocycles. The third-order valence-corrected chi connectivity index (χ3v) is 4.59. The van der Waals surface area contributed by atoms with Crippen molar-refractivity contribution >= 4 is 32.5 Å². The van der Waals surface area contributed by atoms with E-state index in [2.05, 4.69) is 32.0 Å². The number of aromatic nitrogens is 3. The number of anilines is 1. The first kappa shape index (κ1) is 12.7. The second-order valence-corrected chi connectivity index (χ2v) is 6.11. The Balaban J connectivity index is 1.96. The number of nitrogens with zero attached hydrogens (tertiary/aromatic N) is 3. The van der Waals surface area contributed by atoms with E-state index in [-0.39, 0.29) is 0 Å². The average molecular weight is 341 g/mol. The highest BCUT2D eigenvalue weighted by molar-refractivity contribution is 9.10. The van der Waals surface area contributed by atoms with E-state index in [1.54, 1.807) is 0 Å². The van der Waals surface area contributed by atoms with Crippen molar-refractivity contribution in [2.75, 3.05) is 5.73 Å². The van der Waals surface area contributed by atoms with E-state index in [0.29, 0.717) is 17.6 Å². The van der Waals surface area contributed by atoms with Crippen molar-refractivity contribution in [3.8, 4) is 11.4 Å². The van der Waals surface area contributed by atoms with E-state index < -0.39 is 0 Å². The van der Waals surface area contributed by atoms with Gasteiger partial charge in [-0.2, -0.15) is 0 Å². The fraction of sp³-hybridized carbons (Fsp3) is 0.188. The number of hydrogen-bond acceptors (Lipinski definition) is 4. The van der Waals surface area contributed by atoms with E-state index >= 15 is 0 Å². The summed E-state index contributed by atoms with van der Waals surface area (Å²) in [7, 11) is 0. The molecule has 1 fully saturated rings. The normalized spacial score (nSPS) is 14.5. The lowest BCUT2D eigenvalue weighted by atomic mass is 10.1. The molecule has 2 aromatic heterocycles. The minimum absolute atomic E-state index is 0.495. The molecule has 5 heteroatoms. The Morgan fingerprint density at radius 2 is 1.90 bits per heavy atom. The van der Waals surface area contributed by atoms with Crippen molar-refractivity contribution in [2.24, 2.45) is 0 Å². The number of fused-ring (bicyclic) bond motifs is 1. The minimum atomic E-state index is 0.495. The highest BCUT2D eigenvalue weighted by atomic mass is 79.9. The van der Waals surface area contributed by atoms with Crippen LogP contribution in [0.3, 0.4) is 0 Å². The van der Waals surface area contributed by atoms with E-state index in [0.717, 1.165) is 26.5 Å². The molecule has 0 aliphatic heterocycles. The lowest BCUT2D eigenvalue weighted by Crippen LogP contribution is -2.02. The second kappa shape index (κ2) is 4.77. The van der Waals surface area contributed by atoms with Crippen LogP contribution in [0.4, 0.5) is 5.82 Å². The fourth-order valence-electron chi connectivity index (χ4n) is 2.52. The van der Waals surface area contributed by atoms with E-state index in [9.17, 15) is 0 Å². The predicted octanol–water partition coefficient (Wildman–Crippen LogP) is 3.91. The largest absolute Gasteiger partial charge is 0.383 e. The van der Waals surface area contributed by atoms with Crippen molar-refractivity contribution in [1.82, 2.24) is 15.0 Å². The van der Waals surface area contributed by atoms with Crippen LogP contribution in [0.25, 0.3) is 22.2 Å². The van der Waals surface area contributed by atoms with Crippen LogP contribution in [0.5, 0.6) is 0 Å². The summed E-state index contributed by atoms with van der Waals surface area (Å²) < 4.78 is 0.835. The maximum atomic E-state index is 6.05. The molecule has 2 N–H and O–H groups in total. The lowest BCUT2D eigenvalue weighted by Gasteiger charge is -2.10. The highest BCUT2D eigenvalue weighted by Gasteiger charge is 2.29. The number of hydrogen-bond donors (Lipinski definition) is 1. The van der Waals surface area contributed by atoms with Gasteiger partial charge in [-0.25, -0.2) is 9.97 Å². The molecule has 4 nitrogen and oxygen atoms in total. The SMILES string of the molecule is Nc1nc(-c2cncc3ccccc23)nc(C2CC2)c1Br. The quantitative estimate of drug-likeness (QED) is 0.767. The Kier molecular flexibility index (Phi) is 2.89. The van der Waals surface area contributed by atoms with Crippen LogP contribution < -0.4 is 5.73 Å². The molecule has 0 atom stereocenters. The molecule has 0 bridgehead atoms. The van der Waals surface area contributed by atoms with Crippen LogP contribution in [0, 0.1) is 0 Å². The zero-order valence-electron chi connectivity index (χ0n) is 11.3. The maximum absolute atomic E-state index is 6.05. The van der Waals surface area contributed by atoms with Gasteiger partial charge in [0.15, 0.2) is 5.82 Å². The van der Waals surface area contributed by atoms with Crippen molar-refractivity contribution in [2.45, 2.75) is 18.8 Å². The van der Waals surface area contributed by atoms with Gasteiger partial charge in [0.25, 0.3) is 0 Å². The van der Waals surface area contributed by atoms with Crippen LogP contribution >= 0.6 is 15.9 Å². The van der Waals surface area contributed by atoms with E-state index in [1.807, 2.05) is 30.6 Å². The lowest BCUT2D eigenvalue weighted by molar-refractivity contribution is 0.984. The third kappa shape index (κ3) is 2.17. The van der Waals surface area contributed by atoms with E-state index in [1.165, 1.54) is 12.8 Å². The van der Waals surface area contributed by atoms with Crippen molar-refractivity contribution in [1.29, 1.82) is 0 Å². The van der Waals surface area contributed by atoms with Crippen molar-refractivity contribution in [3.63, 3.8) is 0 Å². The molecule has 0 amide bonds. The zero-order chi connectivity index (χ0) is 14.4. The summed E-state index contributed by atoms with van der Waals surface area (Å²) in [5.41, 5.74) is 7.99. The van der Waals surface area contributed by atoms with Gasteiger partial charge in [-0.15, -0.1) is 0 Å². The molecule has 2 heterocycles. The molecule has 1 aromatic carbocycles. The molecule has 0 unspecified atom stereocenters. The summed E-state index contributed by atoms with van der Waals surface area (Å²) in [5.74, 6) is 1.66. The molecule has 1 aliphatic rings. The molecule has 3 aromatic rings. The first-order valence-corrected chi connectivity index (χ1v) is 7.69. The zero-order valence-corrected chi connectivity index (χ0v) is 12.8. The number of halogens is 1. The molecule has 1 saturated carbocycles. The standard InChI is InChI=1S/C16H13BrN4/c17-13-14(9-5-6-9)20-16(21-15(13)18)12-8-19-7-10-3-1-2-4-11(10)12/h1-4,7-9H,5-6H2,(H2,18,20,21). The molecule has 21 heavy (non-hydrogen) atoms. The number of nitrogens with two attached hydrogens (primary N) is 1. The molecule has 104 valence electrons. The Bertz CT molecular complexity index is 838. The van der Waals surface area contributed by atoms with Gasteiger partial charge in [0.2, 0.25) is 0 Å². The number of nitrogen functional groups attached to an aromatic ring is 1. The van der Waals surface area contributed by atoms with Crippen molar-refractivity contribution < 1.29 is 0 Å². The Labute approximate surface area is 130 Å². The van der Waals surface area contributed by atoms with Gasteiger partial charge in [0, 0.05) is 29.3 Å². The summed E-state index contributed by atoms with van der Waals surface area (Å²) in [6, 6.07) is 8.11. The molecular weight excluding hydrogens is 328 g/mol. The third-order valence-electron chi connectivity index (χ3n) is 3.78. The van der Waals surface area contributed by atoms with Crippen LogP contribution in [-0.4, -0.2) is 15.0 Å². The maximum Gasteiger partial charge on any atom is 0.164 e. The first-order chi connectivity index (χ1) is 10.2. The molecule has 0 spiro atoms. The monoisotopic (exact) mass is 340 g/mol. The topological polar surface area (TPSA) is 64.7 Å². The van der Waals surface area contributed by atoms with Gasteiger partial charge >= 0.3 is 0 Å². The van der Waals surface area contributed by atoms with Crippen molar-refractivity contribution in [3.05, 3.63) is 46.8 Å². The molecular formula is C16H13BrN4. The summed E-state index contributed by atoms with van der Waals surface area (Å²) in [5, 5.41) is 2.17. The number of rotatable bonds is 2. The number of benzene rings is 1. The number of pyridine rings is 1. The van der Waals surface area contributed by atoms with Crippen LogP contribution in [0.2, 0.25) is 0 Å². The van der Waals surface area contributed by atoms with Gasteiger partial charge in [0.05, 0.1) is 10.2 Å². The second-order valence-electron chi connectivity index (χ2n) is 5.31. The molecule has 1 aliphatic carbocycles.